The number of nitrogens with zero attached hydrogens (tertiary/aromatic N) is 2. The van der Waals surface area contributed by atoms with Crippen LogP contribution in [-0.2, 0) is 13.6 Å². The first kappa shape index (κ1) is 32.2. The van der Waals surface area contributed by atoms with E-state index in [9.17, 15) is 9.90 Å². The van der Waals surface area contributed by atoms with Crippen LogP contribution in [-0.4, -0.2) is 63.9 Å². The van der Waals surface area contributed by atoms with E-state index < -0.39 is 34.4 Å². The van der Waals surface area contributed by atoms with Crippen molar-refractivity contribution >= 4 is 35.5 Å². The van der Waals surface area contributed by atoms with E-state index in [2.05, 4.69) is 78.8 Å². The van der Waals surface area contributed by atoms with Crippen LogP contribution in [0, 0.1) is 6.07 Å². The summed E-state index contributed by atoms with van der Waals surface area (Å²) in [4.78, 5) is 15.7. The van der Waals surface area contributed by atoms with E-state index in [1.165, 1.54) is 10.8 Å². The fourth-order valence-electron chi connectivity index (χ4n) is 2.77. The molecular weight excluding hydrogens is 430 g/mol. The Hall–Kier alpha value is 0.189. The van der Waals surface area contributed by atoms with Crippen LogP contribution in [0.15, 0.2) is 11.0 Å². The maximum absolute atomic E-state index is 12.2. The maximum atomic E-state index is 12.2. The molecule has 1 saturated heterocycles. The molecule has 1 fully saturated rings. The van der Waals surface area contributed by atoms with Gasteiger partial charge in [-0.1, -0.05) is 41.5 Å². The Kier molecular flexibility index (Phi) is 11.4. The predicted octanol–water partition coefficient (Wildman–Crippen LogP) is 0.440. The third-order valence-electron chi connectivity index (χ3n) is 6.90. The van der Waals surface area contributed by atoms with Crippen LogP contribution >= 0.6 is 0 Å². The first-order chi connectivity index (χ1) is 13.4. The first-order valence-electron chi connectivity index (χ1n) is 10.6. The zero-order chi connectivity index (χ0) is 23.1. The van der Waals surface area contributed by atoms with Crippen molar-refractivity contribution in [1.29, 1.82) is 0 Å². The van der Waals surface area contributed by atoms with Crippen LogP contribution in [0.25, 0.3) is 0 Å². The fourth-order valence-corrected chi connectivity index (χ4v) is 5.14. The summed E-state index contributed by atoms with van der Waals surface area (Å²) in [6, 6.07) is 2.46. The number of ether oxygens (including phenoxy) is 1. The monoisotopic (exact) mass is 468 g/mol. The molecule has 172 valence electrons. The zero-order valence-corrected chi connectivity index (χ0v) is 24.2. The number of rotatable bonds is 6. The summed E-state index contributed by atoms with van der Waals surface area (Å²) >= 11 is 0. The zero-order valence-electron chi connectivity index (χ0n) is 22.2. The summed E-state index contributed by atoms with van der Waals surface area (Å²) in [5, 5.41) is 11.5. The van der Waals surface area contributed by atoms with E-state index in [-0.39, 0.29) is 60.0 Å². The minimum absolute atomic E-state index is 0. The van der Waals surface area contributed by atoms with Gasteiger partial charge in [0.25, 0.3) is 0 Å². The van der Waals surface area contributed by atoms with E-state index in [0.29, 0.717) is 13.0 Å². The van der Waals surface area contributed by atoms with Crippen molar-refractivity contribution in [2.24, 2.45) is 0 Å². The van der Waals surface area contributed by atoms with E-state index in [4.69, 9.17) is 13.6 Å². The first-order valence-corrected chi connectivity index (χ1v) is 16.4. The van der Waals surface area contributed by atoms with Crippen LogP contribution in [0.2, 0.25) is 36.3 Å². The van der Waals surface area contributed by atoms with E-state index >= 15 is 0 Å². The van der Waals surface area contributed by atoms with Gasteiger partial charge in [0.05, 0.1) is 12.7 Å². The van der Waals surface area contributed by atoms with Crippen molar-refractivity contribution in [3.63, 3.8) is 0 Å². The second-order valence-corrected chi connectivity index (χ2v) is 20.8. The average Bonchev–Trinajstić information content (AvgIpc) is 2.92. The third kappa shape index (κ3) is 7.60. The van der Waals surface area contributed by atoms with Crippen LogP contribution < -0.4 is 29.7 Å². The van der Waals surface area contributed by atoms with Gasteiger partial charge in [-0.05, 0) is 36.3 Å². The van der Waals surface area contributed by atoms with Gasteiger partial charge in [-0.3, -0.25) is 4.57 Å². The molecule has 0 N–H and O–H groups in total. The molecule has 0 saturated carbocycles. The van der Waals surface area contributed by atoms with Crippen molar-refractivity contribution in [1.82, 2.24) is 9.55 Å². The second kappa shape index (κ2) is 11.3. The van der Waals surface area contributed by atoms with Gasteiger partial charge in [-0.25, -0.2) is 9.78 Å². The maximum Gasteiger partial charge on any atom is 1.00 e. The molecule has 0 unspecified atom stereocenters. The number of hydrogen-bond acceptors (Lipinski definition) is 6. The molecule has 0 amide bonds. The Bertz CT molecular complexity index is 807. The van der Waals surface area contributed by atoms with Gasteiger partial charge >= 0.3 is 24.6 Å². The Morgan fingerprint density at radius 1 is 1.16 bits per heavy atom. The molecule has 7 nitrogen and oxygen atoms in total. The topological polar surface area (TPSA) is 85.6 Å². The molecule has 11 heteroatoms. The Labute approximate surface area is 219 Å². The normalized spacial score (nSPS) is 22.2. The van der Waals surface area contributed by atoms with Gasteiger partial charge in [0, 0.05) is 43.4 Å². The largest absolute Gasteiger partial charge is 1.00 e. The Morgan fingerprint density at radius 2 is 1.69 bits per heavy atom. The molecule has 1 aromatic rings. The summed E-state index contributed by atoms with van der Waals surface area (Å²) in [6.07, 6.45) is 0.801. The Balaban J connectivity index is 0.00000480. The minimum Gasteiger partial charge on any atom is -0.858 e. The van der Waals surface area contributed by atoms with E-state index in [1.807, 2.05) is 0 Å². The standard InChI is InChI=1S/C21H39N2O5Si2.2Li/c1-20(2,3)29(7,8)26-14-16-15(28-30(9,10)21(4,5)6)13-18(27-16)23-12-11-17(24)22-19(23)25;;/h12,15-16,18H,13-14H2,1-10H3,(H,22,24,25);;/q;;+1/p-1/t15-,16+,18+;;/m0../s1. The molecule has 1 aliphatic rings. The molecule has 0 aromatic carbocycles. The molecule has 1 aromatic heterocycles. The van der Waals surface area contributed by atoms with Crippen molar-refractivity contribution in [3.8, 4) is 5.88 Å². The molecular formula is C21H38Li2N2O5Si2. The molecule has 1 aliphatic heterocycles. The van der Waals surface area contributed by atoms with Gasteiger partial charge < -0.3 is 18.7 Å². The predicted molar refractivity (Wildman–Crippen MR) is 126 cm³/mol. The summed E-state index contributed by atoms with van der Waals surface area (Å²) in [5.41, 5.74) is -0.624. The Morgan fingerprint density at radius 3 is 2.16 bits per heavy atom. The summed E-state index contributed by atoms with van der Waals surface area (Å²) in [6.45, 7) is 22.4. The van der Waals surface area contributed by atoms with Crippen molar-refractivity contribution in [3.05, 3.63) is 22.7 Å². The van der Waals surface area contributed by atoms with Crippen LogP contribution in [0.4, 0.5) is 0 Å². The van der Waals surface area contributed by atoms with Gasteiger partial charge in [0.15, 0.2) is 16.6 Å². The van der Waals surface area contributed by atoms with Crippen molar-refractivity contribution < 1.29 is 37.6 Å². The molecule has 0 bridgehead atoms. The van der Waals surface area contributed by atoms with Gasteiger partial charge in [0.1, 0.15) is 12.3 Å². The molecule has 2 heterocycles. The summed E-state index contributed by atoms with van der Waals surface area (Å²) in [7, 11) is -4.03. The SMILES string of the molecule is CC(C)(C)[Si](C)(C)OC[C@H]1O[C@@H](n2c[c]c([O-])nc2=O)C[C@@H]1O[Si](C)(C)C(C)(C)C.[Li+].[Li]. The average molecular weight is 469 g/mol. The molecule has 2 radical (unpaired) electrons. The van der Waals surface area contributed by atoms with Gasteiger partial charge in [-0.15, -0.1) is 0 Å². The van der Waals surface area contributed by atoms with Gasteiger partial charge in [-0.2, -0.15) is 0 Å². The molecule has 0 spiro atoms. The number of aromatic nitrogens is 2. The second-order valence-electron chi connectivity index (χ2n) is 11.2. The molecule has 32 heavy (non-hydrogen) atoms. The van der Waals surface area contributed by atoms with Crippen molar-refractivity contribution in [2.45, 2.75) is 103 Å². The van der Waals surface area contributed by atoms with Crippen molar-refractivity contribution in [2.75, 3.05) is 6.61 Å². The molecule has 3 atom stereocenters. The van der Waals surface area contributed by atoms with E-state index in [1.54, 1.807) is 0 Å². The molecule has 0 aliphatic carbocycles. The number of hydrogen-bond donors (Lipinski definition) is 0. The van der Waals surface area contributed by atoms with Crippen LogP contribution in [0.1, 0.15) is 54.2 Å². The molecule has 2 rings (SSSR count). The van der Waals surface area contributed by atoms with Crippen LogP contribution in [0.3, 0.4) is 0 Å². The van der Waals surface area contributed by atoms with Gasteiger partial charge in [0.2, 0.25) is 0 Å². The summed E-state index contributed by atoms with van der Waals surface area (Å²) < 4.78 is 20.7. The summed E-state index contributed by atoms with van der Waals surface area (Å²) in [5.74, 6) is -0.666. The minimum atomic E-state index is -2.06. The van der Waals surface area contributed by atoms with E-state index in [0.717, 1.165) is 0 Å². The fraction of sp³-hybridized carbons (Fsp3) is 0.810. The van der Waals surface area contributed by atoms with Crippen LogP contribution in [0.5, 0.6) is 5.88 Å². The quantitative estimate of drug-likeness (QED) is 0.564. The third-order valence-corrected chi connectivity index (χ3v) is 15.9. The smallest absolute Gasteiger partial charge is 0.858 e.